The Kier molecular flexibility index (Phi) is 5.85. The number of rotatable bonds is 5. The maximum Gasteiger partial charge on any atom is 0.234 e. The molecule has 0 bridgehead atoms. The van der Waals surface area contributed by atoms with Gasteiger partial charge in [0.05, 0.1) is 5.75 Å². The number of carbonyl (C=O) groups excluding carboxylic acids is 1. The first-order chi connectivity index (χ1) is 12.5. The van der Waals surface area contributed by atoms with E-state index in [9.17, 15) is 9.18 Å². The molecule has 132 valence electrons. The molecule has 0 saturated carbocycles. The number of thioether (sulfide) groups is 1. The molecule has 0 aliphatic heterocycles. The zero-order chi connectivity index (χ0) is 18.5. The van der Waals surface area contributed by atoms with Gasteiger partial charge in [0.2, 0.25) is 5.91 Å². The molecule has 0 aliphatic carbocycles. The minimum atomic E-state index is -0.343. The van der Waals surface area contributed by atoms with Crippen molar-refractivity contribution in [2.75, 3.05) is 11.1 Å². The van der Waals surface area contributed by atoms with Gasteiger partial charge in [0, 0.05) is 22.0 Å². The standard InChI is InChI=1S/C19H15ClFN3OS/c1-12-9-18(24-19(22-12)13-3-2-4-15(21)10-13)26-11-17(25)23-16-7-5-14(20)6-8-16/h2-10H,11H2,1H3,(H,23,25). The number of benzene rings is 2. The third-order valence-electron chi connectivity index (χ3n) is 3.39. The molecule has 0 aliphatic rings. The van der Waals surface area contributed by atoms with Gasteiger partial charge >= 0.3 is 0 Å². The third kappa shape index (κ3) is 5.03. The van der Waals surface area contributed by atoms with Crippen molar-refractivity contribution in [2.45, 2.75) is 11.9 Å². The number of aromatic nitrogens is 2. The number of halogens is 2. The number of aryl methyl sites for hydroxylation is 1. The van der Waals surface area contributed by atoms with E-state index in [1.807, 2.05) is 6.92 Å². The summed E-state index contributed by atoms with van der Waals surface area (Å²) in [4.78, 5) is 20.9. The van der Waals surface area contributed by atoms with Crippen LogP contribution in [0.15, 0.2) is 59.6 Å². The molecular weight excluding hydrogens is 373 g/mol. The fraction of sp³-hybridized carbons (Fsp3) is 0.105. The lowest BCUT2D eigenvalue weighted by Gasteiger charge is -2.07. The van der Waals surface area contributed by atoms with Crippen molar-refractivity contribution in [2.24, 2.45) is 0 Å². The van der Waals surface area contributed by atoms with Gasteiger partial charge in [-0.15, -0.1) is 0 Å². The molecule has 1 amide bonds. The molecule has 7 heteroatoms. The number of anilines is 1. The summed E-state index contributed by atoms with van der Waals surface area (Å²) >= 11 is 7.12. The molecule has 0 radical (unpaired) electrons. The number of nitrogens with zero attached hydrogens (tertiary/aromatic N) is 2. The van der Waals surface area contributed by atoms with Crippen molar-refractivity contribution >= 4 is 35.0 Å². The van der Waals surface area contributed by atoms with Crippen LogP contribution in [0.2, 0.25) is 5.02 Å². The lowest BCUT2D eigenvalue weighted by molar-refractivity contribution is -0.113. The van der Waals surface area contributed by atoms with Crippen molar-refractivity contribution in [3.05, 3.63) is 71.1 Å². The average molecular weight is 388 g/mol. The second-order valence-corrected chi connectivity index (χ2v) is 6.96. The monoisotopic (exact) mass is 387 g/mol. The second kappa shape index (κ2) is 8.29. The lowest BCUT2D eigenvalue weighted by atomic mass is 10.2. The zero-order valence-corrected chi connectivity index (χ0v) is 15.4. The summed E-state index contributed by atoms with van der Waals surface area (Å²) < 4.78 is 13.4. The molecule has 1 aromatic heterocycles. The smallest absolute Gasteiger partial charge is 0.234 e. The van der Waals surface area contributed by atoms with Gasteiger partial charge in [0.25, 0.3) is 0 Å². The minimum Gasteiger partial charge on any atom is -0.325 e. The van der Waals surface area contributed by atoms with E-state index in [1.165, 1.54) is 23.9 Å². The first-order valence-electron chi connectivity index (χ1n) is 7.79. The highest BCUT2D eigenvalue weighted by Gasteiger charge is 2.09. The van der Waals surface area contributed by atoms with Crippen LogP contribution in [0.4, 0.5) is 10.1 Å². The van der Waals surface area contributed by atoms with Crippen LogP contribution in [0, 0.1) is 12.7 Å². The quantitative estimate of drug-likeness (QED) is 0.495. The predicted octanol–water partition coefficient (Wildman–Crippen LogP) is 4.98. The first kappa shape index (κ1) is 18.4. The van der Waals surface area contributed by atoms with E-state index in [0.717, 1.165) is 5.69 Å². The highest BCUT2D eigenvalue weighted by molar-refractivity contribution is 7.99. The number of carbonyl (C=O) groups is 1. The Morgan fingerprint density at radius 2 is 1.92 bits per heavy atom. The van der Waals surface area contributed by atoms with Gasteiger partial charge in [-0.25, -0.2) is 14.4 Å². The molecule has 4 nitrogen and oxygen atoms in total. The van der Waals surface area contributed by atoms with Gasteiger partial charge in [0.15, 0.2) is 5.82 Å². The number of hydrogen-bond acceptors (Lipinski definition) is 4. The molecule has 0 saturated heterocycles. The molecule has 3 aromatic rings. The van der Waals surface area contributed by atoms with E-state index < -0.39 is 0 Å². The fourth-order valence-corrected chi connectivity index (χ4v) is 3.12. The summed E-state index contributed by atoms with van der Waals surface area (Å²) in [7, 11) is 0. The molecule has 0 atom stereocenters. The van der Waals surface area contributed by atoms with Crippen LogP contribution in [0.1, 0.15) is 5.69 Å². The summed E-state index contributed by atoms with van der Waals surface area (Å²) in [5.74, 6) is 0.136. The average Bonchev–Trinajstić information content (AvgIpc) is 2.61. The largest absolute Gasteiger partial charge is 0.325 e. The molecule has 0 unspecified atom stereocenters. The molecule has 2 aromatic carbocycles. The molecule has 3 rings (SSSR count). The van der Waals surface area contributed by atoms with Crippen LogP contribution in [0.25, 0.3) is 11.4 Å². The number of hydrogen-bond donors (Lipinski definition) is 1. The van der Waals surface area contributed by atoms with Crippen LogP contribution >= 0.6 is 23.4 Å². The van der Waals surface area contributed by atoms with Crippen LogP contribution in [-0.4, -0.2) is 21.6 Å². The van der Waals surface area contributed by atoms with E-state index >= 15 is 0 Å². The molecule has 26 heavy (non-hydrogen) atoms. The highest BCUT2D eigenvalue weighted by Crippen LogP contribution is 2.22. The van der Waals surface area contributed by atoms with Crippen LogP contribution < -0.4 is 5.32 Å². The van der Waals surface area contributed by atoms with Crippen LogP contribution in [0.3, 0.4) is 0 Å². The summed E-state index contributed by atoms with van der Waals surface area (Å²) in [6.45, 7) is 1.84. The maximum absolute atomic E-state index is 13.4. The van der Waals surface area contributed by atoms with E-state index in [4.69, 9.17) is 11.6 Å². The van der Waals surface area contributed by atoms with E-state index in [0.29, 0.717) is 27.1 Å². The summed E-state index contributed by atoms with van der Waals surface area (Å²) in [6, 6.07) is 14.8. The maximum atomic E-state index is 13.4. The Morgan fingerprint density at radius 3 is 2.65 bits per heavy atom. The molecule has 0 spiro atoms. The Bertz CT molecular complexity index is 934. The third-order valence-corrected chi connectivity index (χ3v) is 4.56. The van der Waals surface area contributed by atoms with E-state index in [1.54, 1.807) is 42.5 Å². The highest BCUT2D eigenvalue weighted by atomic mass is 35.5. The molecule has 1 heterocycles. The van der Waals surface area contributed by atoms with Crippen LogP contribution in [0.5, 0.6) is 0 Å². The Balaban J connectivity index is 1.68. The lowest BCUT2D eigenvalue weighted by Crippen LogP contribution is -2.14. The Morgan fingerprint density at radius 1 is 1.15 bits per heavy atom. The van der Waals surface area contributed by atoms with Crippen LogP contribution in [-0.2, 0) is 4.79 Å². The van der Waals surface area contributed by atoms with Gasteiger partial charge in [-0.05, 0) is 49.4 Å². The fourth-order valence-electron chi connectivity index (χ4n) is 2.24. The van der Waals surface area contributed by atoms with Gasteiger partial charge < -0.3 is 5.32 Å². The molecular formula is C19H15ClFN3OS. The van der Waals surface area contributed by atoms with Gasteiger partial charge in [-0.1, -0.05) is 35.5 Å². The Hall–Kier alpha value is -2.44. The van der Waals surface area contributed by atoms with Crippen molar-refractivity contribution < 1.29 is 9.18 Å². The summed E-state index contributed by atoms with van der Waals surface area (Å²) in [5, 5.41) is 4.06. The van der Waals surface area contributed by atoms with E-state index in [2.05, 4.69) is 15.3 Å². The van der Waals surface area contributed by atoms with Crippen molar-refractivity contribution in [3.8, 4) is 11.4 Å². The SMILES string of the molecule is Cc1cc(SCC(=O)Nc2ccc(Cl)cc2)nc(-c2cccc(F)c2)n1. The normalized spacial score (nSPS) is 10.6. The van der Waals surface area contributed by atoms with Gasteiger partial charge in [0.1, 0.15) is 10.8 Å². The van der Waals surface area contributed by atoms with Crippen molar-refractivity contribution in [1.82, 2.24) is 9.97 Å². The van der Waals surface area contributed by atoms with E-state index in [-0.39, 0.29) is 17.5 Å². The van der Waals surface area contributed by atoms with Crippen molar-refractivity contribution in [3.63, 3.8) is 0 Å². The Labute approximate surface area is 159 Å². The first-order valence-corrected chi connectivity index (χ1v) is 9.16. The minimum absolute atomic E-state index is 0.152. The second-order valence-electron chi connectivity index (χ2n) is 5.53. The van der Waals surface area contributed by atoms with Gasteiger partial charge in [-0.3, -0.25) is 4.79 Å². The van der Waals surface area contributed by atoms with Gasteiger partial charge in [-0.2, -0.15) is 0 Å². The summed E-state index contributed by atoms with van der Waals surface area (Å²) in [6.07, 6.45) is 0. The predicted molar refractivity (Wildman–Crippen MR) is 103 cm³/mol. The molecule has 1 N–H and O–H groups in total. The number of nitrogens with one attached hydrogen (secondary N) is 1. The summed E-state index contributed by atoms with van der Waals surface area (Å²) in [5.41, 5.74) is 2.03. The van der Waals surface area contributed by atoms with Crippen molar-refractivity contribution in [1.29, 1.82) is 0 Å². The number of amides is 1. The topological polar surface area (TPSA) is 54.9 Å². The molecule has 0 fully saturated rings. The zero-order valence-electron chi connectivity index (χ0n) is 13.9.